The molecule has 0 unspecified atom stereocenters. The quantitative estimate of drug-likeness (QED) is 0.386. The molecule has 3 aromatic heterocycles. The highest BCUT2D eigenvalue weighted by molar-refractivity contribution is 5.66. The Kier molecular flexibility index (Phi) is 5.28. The summed E-state index contributed by atoms with van der Waals surface area (Å²) in [5.41, 5.74) is 3.98. The van der Waals surface area contributed by atoms with E-state index in [4.69, 9.17) is 9.26 Å². The molecule has 0 aliphatic heterocycles. The Labute approximate surface area is 196 Å². The molecule has 0 N–H and O–H groups in total. The molecule has 0 atom stereocenters. The summed E-state index contributed by atoms with van der Waals surface area (Å²) in [5.74, 6) is 1.58. The Bertz CT molecular complexity index is 1520. The Hall–Kier alpha value is -4.20. The molecule has 0 radical (unpaired) electrons. The topological polar surface area (TPSA) is 87.5 Å². The van der Waals surface area contributed by atoms with Crippen LogP contribution < -0.4 is 10.3 Å². The normalized spacial score (nSPS) is 11.8. The van der Waals surface area contributed by atoms with E-state index >= 15 is 0 Å². The van der Waals surface area contributed by atoms with Gasteiger partial charge < -0.3 is 13.8 Å². The van der Waals surface area contributed by atoms with Crippen molar-refractivity contribution >= 4 is 5.52 Å². The molecule has 172 valence electrons. The van der Waals surface area contributed by atoms with Crippen molar-refractivity contribution in [1.29, 1.82) is 0 Å². The van der Waals surface area contributed by atoms with Crippen LogP contribution in [0.15, 0.2) is 76.3 Å². The van der Waals surface area contributed by atoms with Crippen LogP contribution in [0.25, 0.3) is 28.2 Å². The monoisotopic (exact) mass is 455 g/mol. The minimum Gasteiger partial charge on any atom is -0.497 e. The fourth-order valence-corrected chi connectivity index (χ4v) is 3.78. The Morgan fingerprint density at radius 1 is 1.00 bits per heavy atom. The molecule has 8 heteroatoms. The van der Waals surface area contributed by atoms with E-state index in [1.165, 1.54) is 10.1 Å². The van der Waals surface area contributed by atoms with Gasteiger partial charge in [-0.25, -0.2) is 4.52 Å². The molecule has 3 heterocycles. The third kappa shape index (κ3) is 4.10. The maximum Gasteiger partial charge on any atom is 0.277 e. The average molecular weight is 456 g/mol. The number of rotatable bonds is 5. The second-order valence-electron chi connectivity index (χ2n) is 9.16. The zero-order chi connectivity index (χ0) is 23.9. The number of ether oxygens (including phenoxy) is 1. The van der Waals surface area contributed by atoms with Crippen LogP contribution in [-0.4, -0.2) is 31.4 Å². The molecule has 34 heavy (non-hydrogen) atoms. The number of benzene rings is 2. The van der Waals surface area contributed by atoms with Crippen LogP contribution in [0.2, 0.25) is 0 Å². The highest BCUT2D eigenvalue weighted by Crippen LogP contribution is 2.25. The SMILES string of the molecule is COc1cccc(-c2cc3c(=O)n(Cc4nc(-c5ccc(C(C)(C)C)cc5)no4)ccn3n2)c1. The van der Waals surface area contributed by atoms with Crippen molar-refractivity contribution in [3.8, 4) is 28.4 Å². The van der Waals surface area contributed by atoms with Gasteiger partial charge in [-0.05, 0) is 29.2 Å². The lowest BCUT2D eigenvalue weighted by Crippen LogP contribution is -2.21. The van der Waals surface area contributed by atoms with Crippen LogP contribution >= 0.6 is 0 Å². The van der Waals surface area contributed by atoms with Gasteiger partial charge in [-0.3, -0.25) is 4.79 Å². The van der Waals surface area contributed by atoms with Crippen molar-refractivity contribution in [3.05, 3.63) is 88.8 Å². The highest BCUT2D eigenvalue weighted by atomic mass is 16.5. The van der Waals surface area contributed by atoms with Gasteiger partial charge in [0.1, 0.15) is 17.8 Å². The van der Waals surface area contributed by atoms with Crippen molar-refractivity contribution < 1.29 is 9.26 Å². The minimum atomic E-state index is -0.196. The van der Waals surface area contributed by atoms with Gasteiger partial charge in [0.15, 0.2) is 0 Å². The summed E-state index contributed by atoms with van der Waals surface area (Å²) < 4.78 is 13.8. The van der Waals surface area contributed by atoms with E-state index in [9.17, 15) is 4.79 Å². The number of hydrogen-bond donors (Lipinski definition) is 0. The second-order valence-corrected chi connectivity index (χ2v) is 9.16. The second kappa shape index (κ2) is 8.30. The van der Waals surface area contributed by atoms with Gasteiger partial charge in [0, 0.05) is 23.5 Å². The number of fused-ring (bicyclic) bond motifs is 1. The maximum atomic E-state index is 13.1. The maximum absolute atomic E-state index is 13.1. The molecule has 0 saturated carbocycles. The van der Waals surface area contributed by atoms with Gasteiger partial charge in [-0.2, -0.15) is 10.1 Å². The summed E-state index contributed by atoms with van der Waals surface area (Å²) in [6.07, 6.45) is 3.41. The highest BCUT2D eigenvalue weighted by Gasteiger charge is 2.16. The van der Waals surface area contributed by atoms with E-state index < -0.39 is 0 Å². The molecular formula is C26H25N5O3. The van der Waals surface area contributed by atoms with E-state index in [0.717, 1.165) is 16.9 Å². The largest absolute Gasteiger partial charge is 0.497 e. The van der Waals surface area contributed by atoms with Crippen molar-refractivity contribution in [2.24, 2.45) is 0 Å². The lowest BCUT2D eigenvalue weighted by Gasteiger charge is -2.18. The third-order valence-corrected chi connectivity index (χ3v) is 5.75. The third-order valence-electron chi connectivity index (χ3n) is 5.75. The molecule has 8 nitrogen and oxygen atoms in total. The van der Waals surface area contributed by atoms with Crippen LogP contribution in [0.4, 0.5) is 0 Å². The Morgan fingerprint density at radius 2 is 1.79 bits per heavy atom. The molecule has 0 amide bonds. The molecular weight excluding hydrogens is 430 g/mol. The van der Waals surface area contributed by atoms with E-state index in [-0.39, 0.29) is 17.5 Å². The number of hydrogen-bond acceptors (Lipinski definition) is 6. The fraction of sp³-hybridized carbons (Fsp3) is 0.231. The summed E-state index contributed by atoms with van der Waals surface area (Å²) in [6, 6.07) is 17.4. The molecule has 0 spiro atoms. The van der Waals surface area contributed by atoms with E-state index in [0.29, 0.717) is 22.9 Å². The molecule has 0 saturated heterocycles. The Balaban J connectivity index is 1.41. The first-order valence-corrected chi connectivity index (χ1v) is 11.0. The van der Waals surface area contributed by atoms with Crippen LogP contribution in [0, 0.1) is 0 Å². The van der Waals surface area contributed by atoms with Gasteiger partial charge >= 0.3 is 0 Å². The molecule has 0 bridgehead atoms. The van der Waals surface area contributed by atoms with Crippen molar-refractivity contribution in [2.45, 2.75) is 32.7 Å². The first kappa shape index (κ1) is 21.6. The summed E-state index contributed by atoms with van der Waals surface area (Å²) in [5, 5.41) is 8.63. The molecule has 0 aliphatic rings. The zero-order valence-corrected chi connectivity index (χ0v) is 19.5. The summed E-state index contributed by atoms with van der Waals surface area (Å²) in [4.78, 5) is 17.6. The lowest BCUT2D eigenvalue weighted by molar-refractivity contribution is 0.370. The predicted molar refractivity (Wildman–Crippen MR) is 129 cm³/mol. The smallest absolute Gasteiger partial charge is 0.277 e. The van der Waals surface area contributed by atoms with E-state index in [1.54, 1.807) is 30.1 Å². The molecule has 5 aromatic rings. The first-order valence-electron chi connectivity index (χ1n) is 11.0. The molecule has 2 aromatic carbocycles. The predicted octanol–water partition coefficient (Wildman–Crippen LogP) is 4.57. The summed E-state index contributed by atoms with van der Waals surface area (Å²) in [7, 11) is 1.62. The van der Waals surface area contributed by atoms with Gasteiger partial charge in [0.05, 0.1) is 12.8 Å². The summed E-state index contributed by atoms with van der Waals surface area (Å²) in [6.45, 7) is 6.68. The first-order chi connectivity index (χ1) is 16.3. The fourth-order valence-electron chi connectivity index (χ4n) is 3.78. The van der Waals surface area contributed by atoms with E-state index in [1.807, 2.05) is 36.4 Å². The van der Waals surface area contributed by atoms with Crippen LogP contribution in [0.1, 0.15) is 32.2 Å². The average Bonchev–Trinajstić information content (AvgIpc) is 3.48. The van der Waals surface area contributed by atoms with Crippen molar-refractivity contribution in [2.75, 3.05) is 7.11 Å². The summed E-state index contributed by atoms with van der Waals surface area (Å²) >= 11 is 0. The molecule has 0 aliphatic carbocycles. The van der Waals surface area contributed by atoms with Gasteiger partial charge in [-0.1, -0.05) is 62.3 Å². The zero-order valence-electron chi connectivity index (χ0n) is 19.5. The number of nitrogens with zero attached hydrogens (tertiary/aromatic N) is 5. The standard InChI is InChI=1S/C26H25N5O3/c1-26(2,3)19-10-8-17(9-11-19)24-27-23(34-29-24)16-30-12-13-31-22(25(30)32)15-21(28-31)18-6-5-7-20(14-18)33-4/h5-15H,16H2,1-4H3. The minimum absolute atomic E-state index is 0.0703. The van der Waals surface area contributed by atoms with Gasteiger partial charge in [0.2, 0.25) is 11.7 Å². The Morgan fingerprint density at radius 3 is 2.53 bits per heavy atom. The molecule has 5 rings (SSSR count). The number of aromatic nitrogens is 5. The van der Waals surface area contributed by atoms with Gasteiger partial charge in [0.25, 0.3) is 5.56 Å². The van der Waals surface area contributed by atoms with E-state index in [2.05, 4.69) is 48.1 Å². The van der Waals surface area contributed by atoms with Crippen LogP contribution in [-0.2, 0) is 12.0 Å². The van der Waals surface area contributed by atoms with Crippen LogP contribution in [0.3, 0.4) is 0 Å². The van der Waals surface area contributed by atoms with Gasteiger partial charge in [-0.15, -0.1) is 0 Å². The van der Waals surface area contributed by atoms with Crippen molar-refractivity contribution in [1.82, 2.24) is 24.3 Å². The number of methoxy groups -OCH3 is 1. The van der Waals surface area contributed by atoms with Crippen LogP contribution in [0.5, 0.6) is 5.75 Å². The van der Waals surface area contributed by atoms with Crippen molar-refractivity contribution in [3.63, 3.8) is 0 Å². The molecule has 0 fully saturated rings. The lowest BCUT2D eigenvalue weighted by atomic mass is 9.87.